The van der Waals surface area contributed by atoms with Crippen molar-refractivity contribution in [1.29, 1.82) is 5.26 Å². The second kappa shape index (κ2) is 9.11. The van der Waals surface area contributed by atoms with Gasteiger partial charge in [0.05, 0.1) is 5.57 Å². The van der Waals surface area contributed by atoms with Crippen LogP contribution in [0, 0.1) is 11.3 Å². The zero-order valence-corrected chi connectivity index (χ0v) is 13.3. The molecule has 0 bridgehead atoms. The van der Waals surface area contributed by atoms with Crippen LogP contribution in [-0.2, 0) is 0 Å². The Morgan fingerprint density at radius 3 is 1.83 bits per heavy atom. The molecule has 0 saturated carbocycles. The molecule has 0 aliphatic rings. The molecule has 0 spiro atoms. The summed E-state index contributed by atoms with van der Waals surface area (Å²) in [7, 11) is 0. The molecule has 0 aromatic rings. The minimum atomic E-state index is -0.890. The fourth-order valence-corrected chi connectivity index (χ4v) is 1.22. The van der Waals surface area contributed by atoms with E-state index in [-0.39, 0.29) is 16.7 Å². The van der Waals surface area contributed by atoms with Gasteiger partial charge in [0.1, 0.15) is 17.7 Å². The molecule has 0 unspecified atom stereocenters. The summed E-state index contributed by atoms with van der Waals surface area (Å²) in [5, 5.41) is 8.53. The fraction of sp³-hybridized carbons (Fsp3) is 0.0500. The Morgan fingerprint density at radius 2 is 1.35 bits per heavy atom. The van der Waals surface area contributed by atoms with Crippen LogP contribution >= 0.6 is 0 Å². The SMILES string of the molecule is C=C(C)/C=C\C(=C)C(=C)/C=C(/F)C(=C)C(=C)/C=C(/F)C(=C)C#N. The van der Waals surface area contributed by atoms with Crippen molar-refractivity contribution in [2.45, 2.75) is 6.92 Å². The van der Waals surface area contributed by atoms with Crippen LogP contribution in [0.25, 0.3) is 0 Å². The minimum absolute atomic E-state index is 0.0106. The summed E-state index contributed by atoms with van der Waals surface area (Å²) in [5.41, 5.74) is 1.15. The molecule has 0 amide bonds. The summed E-state index contributed by atoms with van der Waals surface area (Å²) in [4.78, 5) is 0. The van der Waals surface area contributed by atoms with Crippen LogP contribution in [0.4, 0.5) is 8.78 Å². The molecule has 3 heteroatoms. The lowest BCUT2D eigenvalue weighted by molar-refractivity contribution is 0.650. The van der Waals surface area contributed by atoms with E-state index in [2.05, 4.69) is 39.5 Å². The molecule has 0 radical (unpaired) electrons. The highest BCUT2D eigenvalue weighted by Gasteiger charge is 2.08. The first-order chi connectivity index (χ1) is 10.6. The molecule has 0 aliphatic carbocycles. The fourth-order valence-electron chi connectivity index (χ4n) is 1.22. The molecule has 0 rings (SSSR count). The molecular weight excluding hydrogens is 292 g/mol. The molecule has 0 heterocycles. The van der Waals surface area contributed by atoms with Gasteiger partial charge in [-0.05, 0) is 35.8 Å². The quantitative estimate of drug-likeness (QED) is 0.391. The van der Waals surface area contributed by atoms with Gasteiger partial charge in [0.25, 0.3) is 0 Å². The zero-order chi connectivity index (χ0) is 18.2. The van der Waals surface area contributed by atoms with E-state index in [9.17, 15) is 8.78 Å². The Hall–Kier alpha value is -2.99. The first kappa shape index (κ1) is 20.0. The number of hydrogen-bond acceptors (Lipinski definition) is 1. The smallest absolute Gasteiger partial charge is 0.140 e. The molecule has 0 aliphatic heterocycles. The number of hydrogen-bond donors (Lipinski definition) is 0. The highest BCUT2D eigenvalue weighted by atomic mass is 19.1. The summed E-state index contributed by atoms with van der Waals surface area (Å²) in [6.45, 7) is 23.2. The van der Waals surface area contributed by atoms with Crippen LogP contribution < -0.4 is 0 Å². The van der Waals surface area contributed by atoms with Gasteiger partial charge in [-0.15, -0.1) is 0 Å². The lowest BCUT2D eigenvalue weighted by atomic mass is 10.0. The summed E-state index contributed by atoms with van der Waals surface area (Å²) in [5.74, 6) is -1.62. The molecule has 0 aromatic carbocycles. The summed E-state index contributed by atoms with van der Waals surface area (Å²) in [6, 6.07) is 1.55. The topological polar surface area (TPSA) is 23.8 Å². The van der Waals surface area contributed by atoms with Gasteiger partial charge in [-0.3, -0.25) is 0 Å². The van der Waals surface area contributed by atoms with Gasteiger partial charge in [-0.25, -0.2) is 8.78 Å². The van der Waals surface area contributed by atoms with Crippen molar-refractivity contribution < 1.29 is 8.78 Å². The summed E-state index contributed by atoms with van der Waals surface area (Å²) in [6.07, 6.45) is 5.41. The van der Waals surface area contributed by atoms with Crippen LogP contribution in [0.5, 0.6) is 0 Å². The predicted molar refractivity (Wildman–Crippen MR) is 93.6 cm³/mol. The number of nitriles is 1. The van der Waals surface area contributed by atoms with E-state index < -0.39 is 11.7 Å². The van der Waals surface area contributed by atoms with Crippen LogP contribution in [0.2, 0.25) is 0 Å². The molecule has 0 fully saturated rings. The van der Waals surface area contributed by atoms with Gasteiger partial charge in [0.15, 0.2) is 0 Å². The molecule has 23 heavy (non-hydrogen) atoms. The van der Waals surface area contributed by atoms with Gasteiger partial charge < -0.3 is 0 Å². The Balaban J connectivity index is 5.16. The van der Waals surface area contributed by atoms with Gasteiger partial charge in [0.2, 0.25) is 0 Å². The zero-order valence-electron chi connectivity index (χ0n) is 13.3. The molecule has 0 N–H and O–H groups in total. The maximum atomic E-state index is 14.1. The van der Waals surface area contributed by atoms with Gasteiger partial charge in [-0.1, -0.05) is 57.2 Å². The average molecular weight is 311 g/mol. The third-order valence-corrected chi connectivity index (χ3v) is 2.68. The van der Waals surface area contributed by atoms with Gasteiger partial charge >= 0.3 is 0 Å². The Bertz CT molecular complexity index is 719. The van der Waals surface area contributed by atoms with Crippen molar-refractivity contribution in [3.05, 3.63) is 109 Å². The van der Waals surface area contributed by atoms with Crippen molar-refractivity contribution in [2.75, 3.05) is 0 Å². The maximum Gasteiger partial charge on any atom is 0.140 e. The Kier molecular flexibility index (Phi) is 7.93. The molecule has 118 valence electrons. The molecule has 1 nitrogen and oxygen atoms in total. The van der Waals surface area contributed by atoms with Crippen molar-refractivity contribution in [2.24, 2.45) is 0 Å². The van der Waals surface area contributed by atoms with Crippen molar-refractivity contribution >= 4 is 0 Å². The standard InChI is InChI=1S/C20H19F2N/c1-13(2)8-9-14(3)15(4)10-20(22)18(7)16(5)11-19(21)17(6)12-23/h8-11H,1,3-7H2,2H3/b9-8-,19-11+,20-10+. The minimum Gasteiger partial charge on any atom is -0.206 e. The van der Waals surface area contributed by atoms with E-state index in [0.717, 1.165) is 17.7 Å². The van der Waals surface area contributed by atoms with Crippen LogP contribution in [0.15, 0.2) is 109 Å². The van der Waals surface area contributed by atoms with Crippen LogP contribution in [0.3, 0.4) is 0 Å². The highest BCUT2D eigenvalue weighted by Crippen LogP contribution is 2.24. The van der Waals surface area contributed by atoms with E-state index in [4.69, 9.17) is 5.26 Å². The lowest BCUT2D eigenvalue weighted by Crippen LogP contribution is -1.89. The monoisotopic (exact) mass is 311 g/mol. The lowest BCUT2D eigenvalue weighted by Gasteiger charge is -2.05. The third-order valence-electron chi connectivity index (χ3n) is 2.68. The summed E-state index contributed by atoms with van der Waals surface area (Å²) >= 11 is 0. The molecule has 0 aromatic heterocycles. The van der Waals surface area contributed by atoms with E-state index in [0.29, 0.717) is 11.1 Å². The second-order valence-corrected chi connectivity index (χ2v) is 4.81. The number of allylic oxidation sites excluding steroid dienone is 12. The van der Waals surface area contributed by atoms with Crippen LogP contribution in [0.1, 0.15) is 6.92 Å². The largest absolute Gasteiger partial charge is 0.206 e. The average Bonchev–Trinajstić information content (AvgIpc) is 2.50. The number of nitrogens with zero attached hydrogens (tertiary/aromatic N) is 1. The third kappa shape index (κ3) is 7.01. The van der Waals surface area contributed by atoms with Crippen molar-refractivity contribution in [3.8, 4) is 6.07 Å². The first-order valence-corrected chi connectivity index (χ1v) is 6.54. The van der Waals surface area contributed by atoms with E-state index in [1.165, 1.54) is 0 Å². The first-order valence-electron chi connectivity index (χ1n) is 6.54. The van der Waals surface area contributed by atoms with Crippen LogP contribution in [-0.4, -0.2) is 0 Å². The molecular formula is C20H19F2N. The number of rotatable bonds is 8. The van der Waals surface area contributed by atoms with Crippen molar-refractivity contribution in [1.82, 2.24) is 0 Å². The molecule has 0 saturated heterocycles. The number of halogens is 2. The van der Waals surface area contributed by atoms with E-state index >= 15 is 0 Å². The molecule has 0 atom stereocenters. The Morgan fingerprint density at radius 1 is 0.826 bits per heavy atom. The van der Waals surface area contributed by atoms with Gasteiger partial charge in [0, 0.05) is 5.57 Å². The normalized spacial score (nSPS) is 11.7. The van der Waals surface area contributed by atoms with Crippen molar-refractivity contribution in [3.63, 3.8) is 0 Å². The summed E-state index contributed by atoms with van der Waals surface area (Å²) < 4.78 is 27.6. The Labute approximate surface area is 136 Å². The van der Waals surface area contributed by atoms with E-state index in [1.807, 2.05) is 6.92 Å². The maximum absolute atomic E-state index is 14.1. The van der Waals surface area contributed by atoms with Gasteiger partial charge in [-0.2, -0.15) is 5.26 Å². The second-order valence-electron chi connectivity index (χ2n) is 4.81. The predicted octanol–water partition coefficient (Wildman–Crippen LogP) is 6.13. The van der Waals surface area contributed by atoms with E-state index in [1.54, 1.807) is 18.2 Å². The highest BCUT2D eigenvalue weighted by molar-refractivity contribution is 5.53.